The lowest BCUT2D eigenvalue weighted by Crippen LogP contribution is -2.33. The third kappa shape index (κ3) is 3.81. The van der Waals surface area contributed by atoms with Crippen LogP contribution < -0.4 is 9.47 Å². The molecule has 0 fully saturated rings. The number of benzene rings is 2. The molecule has 0 radical (unpaired) electrons. The predicted molar refractivity (Wildman–Crippen MR) is 119 cm³/mol. The van der Waals surface area contributed by atoms with E-state index in [9.17, 15) is 0 Å². The van der Waals surface area contributed by atoms with E-state index in [2.05, 4.69) is 64.1 Å². The first-order valence-corrected chi connectivity index (χ1v) is 10.2. The number of fused-ring (bicyclic) bond motifs is 2. The smallest absolute Gasteiger partial charge is 0.161 e. The van der Waals surface area contributed by atoms with Gasteiger partial charge in [0.1, 0.15) is 0 Å². The van der Waals surface area contributed by atoms with Gasteiger partial charge in [0.2, 0.25) is 0 Å². The van der Waals surface area contributed by atoms with Crippen molar-refractivity contribution in [3.05, 3.63) is 58.7 Å². The highest BCUT2D eigenvalue weighted by atomic mass is 16.5. The van der Waals surface area contributed by atoms with Crippen LogP contribution in [0.2, 0.25) is 0 Å². The van der Waals surface area contributed by atoms with E-state index in [1.807, 2.05) is 0 Å². The van der Waals surface area contributed by atoms with Crippen LogP contribution in [0, 0.1) is 0 Å². The summed E-state index contributed by atoms with van der Waals surface area (Å²) < 4.78 is 11.1. The SMILES string of the molecule is COc1cc2c(cc1OC)C(CC1=NC(C)(C)Cc3ccccc31)=NC(C)(C)C2. The van der Waals surface area contributed by atoms with E-state index in [1.54, 1.807) is 14.2 Å². The zero-order valence-corrected chi connectivity index (χ0v) is 18.3. The summed E-state index contributed by atoms with van der Waals surface area (Å²) in [5.41, 5.74) is 6.94. The molecular weight excluding hydrogens is 360 g/mol. The molecule has 0 bridgehead atoms. The fourth-order valence-electron chi connectivity index (χ4n) is 4.58. The Labute approximate surface area is 173 Å². The summed E-state index contributed by atoms with van der Waals surface area (Å²) in [6, 6.07) is 12.8. The number of hydrogen-bond donors (Lipinski definition) is 0. The van der Waals surface area contributed by atoms with E-state index in [0.717, 1.165) is 41.3 Å². The second-order valence-electron chi connectivity index (χ2n) is 9.29. The summed E-state index contributed by atoms with van der Waals surface area (Å²) in [4.78, 5) is 10.3. The Morgan fingerprint density at radius 2 is 1.31 bits per heavy atom. The molecule has 2 aromatic rings. The number of methoxy groups -OCH3 is 2. The van der Waals surface area contributed by atoms with Crippen LogP contribution in [0.1, 0.15) is 56.4 Å². The third-order valence-corrected chi connectivity index (χ3v) is 5.70. The molecule has 152 valence electrons. The molecule has 2 aliphatic rings. The van der Waals surface area contributed by atoms with E-state index in [-0.39, 0.29) is 11.1 Å². The van der Waals surface area contributed by atoms with Crippen molar-refractivity contribution < 1.29 is 9.47 Å². The fraction of sp³-hybridized carbons (Fsp3) is 0.440. The van der Waals surface area contributed by atoms with Crippen molar-refractivity contribution in [2.24, 2.45) is 9.98 Å². The number of ether oxygens (including phenoxy) is 2. The summed E-state index contributed by atoms with van der Waals surface area (Å²) in [5.74, 6) is 1.51. The van der Waals surface area contributed by atoms with Gasteiger partial charge in [0.25, 0.3) is 0 Å². The van der Waals surface area contributed by atoms with Crippen molar-refractivity contribution in [1.29, 1.82) is 0 Å². The van der Waals surface area contributed by atoms with E-state index in [4.69, 9.17) is 19.5 Å². The Balaban J connectivity index is 1.81. The predicted octanol–water partition coefficient (Wildman–Crippen LogP) is 5.04. The molecule has 4 rings (SSSR count). The van der Waals surface area contributed by atoms with Gasteiger partial charge in [-0.15, -0.1) is 0 Å². The van der Waals surface area contributed by atoms with Crippen LogP contribution in [0.15, 0.2) is 46.4 Å². The normalized spacial score (nSPS) is 18.8. The molecule has 29 heavy (non-hydrogen) atoms. The molecule has 0 N–H and O–H groups in total. The number of hydrogen-bond acceptors (Lipinski definition) is 4. The highest BCUT2D eigenvalue weighted by Crippen LogP contribution is 2.37. The molecular formula is C25H30N2O2. The lowest BCUT2D eigenvalue weighted by Gasteiger charge is -2.32. The van der Waals surface area contributed by atoms with Crippen LogP contribution >= 0.6 is 0 Å². The van der Waals surface area contributed by atoms with Crippen molar-refractivity contribution in [1.82, 2.24) is 0 Å². The number of aliphatic imine (C=N–C) groups is 2. The average molecular weight is 391 g/mol. The molecule has 0 unspecified atom stereocenters. The van der Waals surface area contributed by atoms with Gasteiger partial charge in [-0.25, -0.2) is 0 Å². The van der Waals surface area contributed by atoms with Crippen molar-refractivity contribution in [2.75, 3.05) is 14.2 Å². The monoisotopic (exact) mass is 390 g/mol. The van der Waals surface area contributed by atoms with Gasteiger partial charge < -0.3 is 9.47 Å². The summed E-state index contributed by atoms with van der Waals surface area (Å²) in [5, 5.41) is 0. The summed E-state index contributed by atoms with van der Waals surface area (Å²) in [7, 11) is 3.36. The Kier molecular flexibility index (Phi) is 4.76. The topological polar surface area (TPSA) is 43.2 Å². The van der Waals surface area contributed by atoms with Crippen molar-refractivity contribution in [3.8, 4) is 11.5 Å². The van der Waals surface area contributed by atoms with Gasteiger partial charge in [0, 0.05) is 23.4 Å². The molecule has 2 aromatic carbocycles. The Hall–Kier alpha value is -2.62. The number of rotatable bonds is 4. The van der Waals surface area contributed by atoms with E-state index >= 15 is 0 Å². The minimum atomic E-state index is -0.161. The quantitative estimate of drug-likeness (QED) is 0.734. The largest absolute Gasteiger partial charge is 0.493 e. The second-order valence-corrected chi connectivity index (χ2v) is 9.29. The first kappa shape index (κ1) is 19.7. The zero-order valence-electron chi connectivity index (χ0n) is 18.3. The van der Waals surface area contributed by atoms with E-state index in [0.29, 0.717) is 6.42 Å². The van der Waals surface area contributed by atoms with Gasteiger partial charge in [0.05, 0.1) is 25.3 Å². The minimum Gasteiger partial charge on any atom is -0.493 e. The van der Waals surface area contributed by atoms with Crippen LogP contribution in [0.25, 0.3) is 0 Å². The summed E-state index contributed by atoms with van der Waals surface area (Å²) >= 11 is 0. The van der Waals surface area contributed by atoms with Crippen LogP contribution in [0.4, 0.5) is 0 Å². The highest BCUT2D eigenvalue weighted by Gasteiger charge is 2.32. The molecule has 0 spiro atoms. The first-order valence-electron chi connectivity index (χ1n) is 10.2. The molecule has 4 heteroatoms. The van der Waals surface area contributed by atoms with Crippen molar-refractivity contribution in [3.63, 3.8) is 0 Å². The lowest BCUT2D eigenvalue weighted by atomic mass is 9.82. The highest BCUT2D eigenvalue weighted by molar-refractivity contribution is 6.19. The average Bonchev–Trinajstić information content (AvgIpc) is 2.65. The van der Waals surface area contributed by atoms with Crippen molar-refractivity contribution >= 4 is 11.4 Å². The Morgan fingerprint density at radius 1 is 0.759 bits per heavy atom. The molecule has 2 aliphatic heterocycles. The van der Waals surface area contributed by atoms with Gasteiger partial charge in [0.15, 0.2) is 11.5 Å². The van der Waals surface area contributed by atoms with E-state index in [1.165, 1.54) is 16.7 Å². The Bertz CT molecular complexity index is 1020. The maximum Gasteiger partial charge on any atom is 0.161 e. The number of nitrogens with zero attached hydrogens (tertiary/aromatic N) is 2. The standard InChI is InChI=1S/C25H30N2O2/c1-24(2)14-16-9-7-8-10-18(16)20(26-24)13-21-19-12-23(29-6)22(28-5)11-17(19)15-25(3,4)27-21/h7-12H,13-15H2,1-6H3. The lowest BCUT2D eigenvalue weighted by molar-refractivity contribution is 0.353. The van der Waals surface area contributed by atoms with Crippen molar-refractivity contribution in [2.45, 2.75) is 58.0 Å². The van der Waals surface area contributed by atoms with Crippen LogP contribution in [0.5, 0.6) is 11.5 Å². The fourth-order valence-corrected chi connectivity index (χ4v) is 4.58. The van der Waals surface area contributed by atoms with Crippen LogP contribution in [-0.2, 0) is 12.8 Å². The third-order valence-electron chi connectivity index (χ3n) is 5.70. The zero-order chi connectivity index (χ0) is 20.8. The van der Waals surface area contributed by atoms with Gasteiger partial charge >= 0.3 is 0 Å². The molecule has 0 aliphatic carbocycles. The molecule has 0 saturated carbocycles. The van der Waals surface area contributed by atoms with Gasteiger partial charge in [-0.3, -0.25) is 9.98 Å². The van der Waals surface area contributed by atoms with Gasteiger partial charge in [-0.2, -0.15) is 0 Å². The maximum absolute atomic E-state index is 5.57. The molecule has 0 atom stereocenters. The minimum absolute atomic E-state index is 0.102. The molecule has 2 heterocycles. The molecule has 0 saturated heterocycles. The van der Waals surface area contributed by atoms with Gasteiger partial charge in [-0.05, 0) is 69.4 Å². The van der Waals surface area contributed by atoms with E-state index < -0.39 is 0 Å². The molecule has 0 aromatic heterocycles. The van der Waals surface area contributed by atoms with Crippen LogP contribution in [0.3, 0.4) is 0 Å². The Morgan fingerprint density at radius 3 is 1.97 bits per heavy atom. The molecule has 4 nitrogen and oxygen atoms in total. The van der Waals surface area contributed by atoms with Gasteiger partial charge in [-0.1, -0.05) is 24.3 Å². The molecule has 0 amide bonds. The van der Waals surface area contributed by atoms with Crippen LogP contribution in [-0.4, -0.2) is 36.7 Å². The first-order chi connectivity index (χ1) is 13.7. The summed E-state index contributed by atoms with van der Waals surface area (Å²) in [6.45, 7) is 8.79. The second kappa shape index (κ2) is 7.01. The summed E-state index contributed by atoms with van der Waals surface area (Å²) in [6.07, 6.45) is 2.55. The maximum atomic E-state index is 5.57.